The maximum Gasteiger partial charge on any atom is 0.335 e. The molecule has 0 radical (unpaired) electrons. The summed E-state index contributed by atoms with van der Waals surface area (Å²) < 4.78 is 0. The number of carboxylic acid groups (broad SMARTS) is 1. The van der Waals surface area contributed by atoms with Gasteiger partial charge in [-0.1, -0.05) is 20.8 Å². The minimum Gasteiger partial charge on any atom is -0.478 e. The molecule has 4 nitrogen and oxygen atoms in total. The van der Waals surface area contributed by atoms with Crippen LogP contribution in [0.4, 0.5) is 0 Å². The SMILES string of the molecule is CCC(NC(=O)c1ccc(C(=O)O)cc1)C(C)C. The van der Waals surface area contributed by atoms with E-state index in [2.05, 4.69) is 19.2 Å². The van der Waals surface area contributed by atoms with E-state index in [-0.39, 0.29) is 17.5 Å². The van der Waals surface area contributed by atoms with Crippen molar-refractivity contribution in [1.82, 2.24) is 5.32 Å². The van der Waals surface area contributed by atoms with E-state index in [4.69, 9.17) is 5.11 Å². The Morgan fingerprint density at radius 2 is 1.67 bits per heavy atom. The van der Waals surface area contributed by atoms with Crippen molar-refractivity contribution in [2.45, 2.75) is 33.2 Å². The molecule has 0 bridgehead atoms. The van der Waals surface area contributed by atoms with E-state index in [0.717, 1.165) is 6.42 Å². The van der Waals surface area contributed by atoms with E-state index in [1.807, 2.05) is 6.92 Å². The summed E-state index contributed by atoms with van der Waals surface area (Å²) in [5.41, 5.74) is 0.668. The van der Waals surface area contributed by atoms with Gasteiger partial charge in [0.15, 0.2) is 0 Å². The molecule has 0 fully saturated rings. The molecule has 0 aromatic heterocycles. The van der Waals surface area contributed by atoms with Crippen molar-refractivity contribution in [2.24, 2.45) is 5.92 Å². The summed E-state index contributed by atoms with van der Waals surface area (Å²) >= 11 is 0. The third-order valence-corrected chi connectivity index (χ3v) is 2.96. The number of carbonyl (C=O) groups is 2. The first-order valence-electron chi connectivity index (χ1n) is 6.10. The molecule has 0 spiro atoms. The highest BCUT2D eigenvalue weighted by Crippen LogP contribution is 2.09. The molecule has 1 rings (SSSR count). The first-order valence-corrected chi connectivity index (χ1v) is 6.10. The average molecular weight is 249 g/mol. The van der Waals surface area contributed by atoms with Crippen LogP contribution in [0.25, 0.3) is 0 Å². The van der Waals surface area contributed by atoms with Crippen molar-refractivity contribution in [3.8, 4) is 0 Å². The molecule has 1 atom stereocenters. The van der Waals surface area contributed by atoms with Crippen LogP contribution in [0.3, 0.4) is 0 Å². The van der Waals surface area contributed by atoms with E-state index >= 15 is 0 Å². The van der Waals surface area contributed by atoms with E-state index in [9.17, 15) is 9.59 Å². The smallest absolute Gasteiger partial charge is 0.335 e. The molecule has 1 aromatic carbocycles. The third kappa shape index (κ3) is 3.58. The van der Waals surface area contributed by atoms with Gasteiger partial charge in [0.25, 0.3) is 5.91 Å². The molecule has 0 saturated heterocycles. The highest BCUT2D eigenvalue weighted by Gasteiger charge is 2.15. The van der Waals surface area contributed by atoms with Crippen LogP contribution in [-0.4, -0.2) is 23.0 Å². The van der Waals surface area contributed by atoms with Crippen LogP contribution in [0.1, 0.15) is 47.9 Å². The number of nitrogens with one attached hydrogen (secondary N) is 1. The normalized spacial score (nSPS) is 12.2. The van der Waals surface area contributed by atoms with E-state index in [0.29, 0.717) is 11.5 Å². The number of hydrogen-bond donors (Lipinski definition) is 2. The Hall–Kier alpha value is -1.84. The van der Waals surface area contributed by atoms with Crippen LogP contribution >= 0.6 is 0 Å². The average Bonchev–Trinajstić information content (AvgIpc) is 2.35. The third-order valence-electron chi connectivity index (χ3n) is 2.96. The van der Waals surface area contributed by atoms with Gasteiger partial charge < -0.3 is 10.4 Å². The molecule has 0 aliphatic heterocycles. The summed E-state index contributed by atoms with van der Waals surface area (Å²) in [7, 11) is 0. The highest BCUT2D eigenvalue weighted by molar-refractivity contribution is 5.96. The molecule has 1 aromatic rings. The molecular weight excluding hydrogens is 230 g/mol. The Kier molecular flexibility index (Phi) is 4.89. The lowest BCUT2D eigenvalue weighted by Crippen LogP contribution is -2.37. The van der Waals surface area contributed by atoms with E-state index < -0.39 is 5.97 Å². The lowest BCUT2D eigenvalue weighted by atomic mass is 10.0. The van der Waals surface area contributed by atoms with Crippen molar-refractivity contribution in [3.05, 3.63) is 35.4 Å². The van der Waals surface area contributed by atoms with Gasteiger partial charge in [0, 0.05) is 11.6 Å². The molecule has 18 heavy (non-hydrogen) atoms. The minimum atomic E-state index is -0.990. The first kappa shape index (κ1) is 14.2. The zero-order valence-corrected chi connectivity index (χ0v) is 10.9. The van der Waals surface area contributed by atoms with Crippen LogP contribution in [0.2, 0.25) is 0 Å². The van der Waals surface area contributed by atoms with Crippen molar-refractivity contribution < 1.29 is 14.7 Å². The van der Waals surface area contributed by atoms with Gasteiger partial charge >= 0.3 is 5.97 Å². The number of benzene rings is 1. The zero-order valence-electron chi connectivity index (χ0n) is 10.9. The van der Waals surface area contributed by atoms with Crippen LogP contribution < -0.4 is 5.32 Å². The predicted octanol–water partition coefficient (Wildman–Crippen LogP) is 2.55. The van der Waals surface area contributed by atoms with Gasteiger partial charge in [0.05, 0.1) is 5.56 Å². The molecule has 0 aliphatic carbocycles. The molecule has 0 heterocycles. The van der Waals surface area contributed by atoms with Gasteiger partial charge in [0.1, 0.15) is 0 Å². The summed E-state index contributed by atoms with van der Waals surface area (Å²) in [4.78, 5) is 22.6. The monoisotopic (exact) mass is 249 g/mol. The second-order valence-corrected chi connectivity index (χ2v) is 4.61. The molecule has 0 saturated carbocycles. The standard InChI is InChI=1S/C14H19NO3/c1-4-12(9(2)3)15-13(16)10-5-7-11(8-6-10)14(17)18/h5-9,12H,4H2,1-3H3,(H,15,16)(H,17,18). The minimum absolute atomic E-state index is 0.136. The fourth-order valence-corrected chi connectivity index (χ4v) is 1.76. The Morgan fingerprint density at radius 3 is 2.06 bits per heavy atom. The molecule has 1 unspecified atom stereocenters. The van der Waals surface area contributed by atoms with Crippen LogP contribution in [-0.2, 0) is 0 Å². The second kappa shape index (κ2) is 6.19. The lowest BCUT2D eigenvalue weighted by molar-refractivity contribution is 0.0696. The van der Waals surface area contributed by atoms with Crippen molar-refractivity contribution >= 4 is 11.9 Å². The largest absolute Gasteiger partial charge is 0.478 e. The first-order chi connectivity index (χ1) is 8.45. The summed E-state index contributed by atoms with van der Waals surface area (Å²) in [6.07, 6.45) is 0.872. The maximum atomic E-state index is 11.9. The zero-order chi connectivity index (χ0) is 13.7. The van der Waals surface area contributed by atoms with E-state index in [1.165, 1.54) is 24.3 Å². The van der Waals surface area contributed by atoms with Crippen molar-refractivity contribution in [3.63, 3.8) is 0 Å². The molecule has 4 heteroatoms. The second-order valence-electron chi connectivity index (χ2n) is 4.61. The topological polar surface area (TPSA) is 66.4 Å². The Balaban J connectivity index is 2.75. The Morgan fingerprint density at radius 1 is 1.17 bits per heavy atom. The lowest BCUT2D eigenvalue weighted by Gasteiger charge is -2.20. The Bertz CT molecular complexity index is 423. The number of aromatic carboxylic acids is 1. The molecule has 1 amide bonds. The van der Waals surface area contributed by atoms with Gasteiger partial charge in [-0.2, -0.15) is 0 Å². The molecule has 98 valence electrons. The number of carbonyl (C=O) groups excluding carboxylic acids is 1. The van der Waals surface area contributed by atoms with Gasteiger partial charge in [-0.25, -0.2) is 4.79 Å². The van der Waals surface area contributed by atoms with E-state index in [1.54, 1.807) is 0 Å². The van der Waals surface area contributed by atoms with Gasteiger partial charge in [-0.3, -0.25) is 4.79 Å². The Labute approximate surface area is 107 Å². The van der Waals surface area contributed by atoms with Crippen LogP contribution in [0, 0.1) is 5.92 Å². The quantitative estimate of drug-likeness (QED) is 0.842. The van der Waals surface area contributed by atoms with Crippen molar-refractivity contribution in [2.75, 3.05) is 0 Å². The summed E-state index contributed by atoms with van der Waals surface area (Å²) in [5.74, 6) is -0.777. The van der Waals surface area contributed by atoms with Gasteiger partial charge in [0.2, 0.25) is 0 Å². The van der Waals surface area contributed by atoms with Gasteiger partial charge in [-0.05, 0) is 36.6 Å². The number of amides is 1. The van der Waals surface area contributed by atoms with Crippen LogP contribution in [0.5, 0.6) is 0 Å². The maximum absolute atomic E-state index is 11.9. The summed E-state index contributed by atoms with van der Waals surface area (Å²) in [6.45, 7) is 6.14. The summed E-state index contributed by atoms with van der Waals surface area (Å²) in [6, 6.07) is 6.08. The fourth-order valence-electron chi connectivity index (χ4n) is 1.76. The number of hydrogen-bond acceptors (Lipinski definition) is 2. The molecule has 0 aliphatic rings. The number of rotatable bonds is 5. The highest BCUT2D eigenvalue weighted by atomic mass is 16.4. The van der Waals surface area contributed by atoms with Crippen LogP contribution in [0.15, 0.2) is 24.3 Å². The summed E-state index contributed by atoms with van der Waals surface area (Å²) in [5, 5.41) is 11.7. The predicted molar refractivity (Wildman–Crippen MR) is 69.8 cm³/mol. The van der Waals surface area contributed by atoms with Gasteiger partial charge in [-0.15, -0.1) is 0 Å². The fraction of sp³-hybridized carbons (Fsp3) is 0.429. The number of carboxylic acids is 1. The van der Waals surface area contributed by atoms with Crippen molar-refractivity contribution in [1.29, 1.82) is 0 Å². The molecular formula is C14H19NO3. The molecule has 2 N–H and O–H groups in total.